The molecular formula is C18H18N4O3. The largest absolute Gasteiger partial charge is 0.497 e. The van der Waals surface area contributed by atoms with Crippen molar-refractivity contribution in [1.82, 2.24) is 10.2 Å². The first-order valence-corrected chi connectivity index (χ1v) is 7.63. The quantitative estimate of drug-likeness (QED) is 0.597. The Balaban J connectivity index is 1.71. The minimum atomic E-state index is -0.395. The molecule has 0 unspecified atom stereocenters. The summed E-state index contributed by atoms with van der Waals surface area (Å²) < 4.78 is 10.6. The van der Waals surface area contributed by atoms with Crippen molar-refractivity contribution in [2.75, 3.05) is 24.4 Å². The van der Waals surface area contributed by atoms with Crippen molar-refractivity contribution >= 4 is 28.4 Å². The van der Waals surface area contributed by atoms with Gasteiger partial charge in [0.2, 0.25) is 0 Å². The molecule has 0 atom stereocenters. The van der Waals surface area contributed by atoms with E-state index in [-0.39, 0.29) is 0 Å². The number of aromatic nitrogens is 2. The first kappa shape index (κ1) is 16.4. The highest BCUT2D eigenvalue weighted by Gasteiger charge is 2.10. The Hall–Kier alpha value is -3.48. The number of rotatable bonds is 6. The van der Waals surface area contributed by atoms with E-state index in [1.807, 2.05) is 18.2 Å². The Kier molecular flexibility index (Phi) is 4.84. The molecule has 3 aromatic rings. The predicted octanol–water partition coefficient (Wildman–Crippen LogP) is 3.78. The lowest BCUT2D eigenvalue weighted by Gasteiger charge is -2.07. The van der Waals surface area contributed by atoms with Crippen molar-refractivity contribution in [3.8, 4) is 11.5 Å². The topological polar surface area (TPSA) is 88.3 Å². The number of nitrogens with one attached hydrogen (secondary N) is 3. The number of aromatic amines is 1. The highest BCUT2D eigenvalue weighted by Crippen LogP contribution is 2.25. The standard InChI is InChI=1S/C18H18N4O3/c1-3-9-25-14-7-8-15-16(11-14)21-22-17(15)20-18(23)19-12-5-4-6-13(10-12)24-2/h3-8,10-11H,1,9H2,2H3,(H3,19,20,21,22,23). The molecular weight excluding hydrogens is 320 g/mol. The van der Waals surface area contributed by atoms with E-state index in [1.54, 1.807) is 37.5 Å². The first-order valence-electron chi connectivity index (χ1n) is 7.63. The van der Waals surface area contributed by atoms with Crippen LogP contribution in [0.1, 0.15) is 0 Å². The molecule has 0 fully saturated rings. The third-order valence-electron chi connectivity index (χ3n) is 3.46. The monoisotopic (exact) mass is 338 g/mol. The molecule has 0 bridgehead atoms. The minimum absolute atomic E-state index is 0.395. The van der Waals surface area contributed by atoms with Crippen LogP contribution in [0.25, 0.3) is 10.9 Å². The van der Waals surface area contributed by atoms with Gasteiger partial charge < -0.3 is 14.8 Å². The number of methoxy groups -OCH3 is 1. The zero-order valence-electron chi connectivity index (χ0n) is 13.7. The van der Waals surface area contributed by atoms with Crippen LogP contribution in [-0.2, 0) is 0 Å². The van der Waals surface area contributed by atoms with Crippen LogP contribution in [0.15, 0.2) is 55.1 Å². The molecule has 0 aliphatic carbocycles. The van der Waals surface area contributed by atoms with Gasteiger partial charge in [0.1, 0.15) is 18.1 Å². The number of carbonyl (C=O) groups is 1. The fourth-order valence-corrected chi connectivity index (χ4v) is 2.31. The summed E-state index contributed by atoms with van der Waals surface area (Å²) in [5.41, 5.74) is 1.38. The summed E-state index contributed by atoms with van der Waals surface area (Å²) >= 11 is 0. The molecule has 0 spiro atoms. The normalized spacial score (nSPS) is 10.3. The minimum Gasteiger partial charge on any atom is -0.497 e. The van der Waals surface area contributed by atoms with Gasteiger partial charge in [-0.3, -0.25) is 10.4 Å². The van der Waals surface area contributed by atoms with Gasteiger partial charge in [-0.2, -0.15) is 5.10 Å². The number of carbonyl (C=O) groups excluding carboxylic acids is 1. The van der Waals surface area contributed by atoms with Crippen molar-refractivity contribution in [1.29, 1.82) is 0 Å². The highest BCUT2D eigenvalue weighted by molar-refractivity contribution is 6.04. The van der Waals surface area contributed by atoms with Crippen LogP contribution in [0.3, 0.4) is 0 Å². The second-order valence-corrected chi connectivity index (χ2v) is 5.19. The maximum Gasteiger partial charge on any atom is 0.324 e. The van der Waals surface area contributed by atoms with Gasteiger partial charge in [0.15, 0.2) is 5.82 Å². The van der Waals surface area contributed by atoms with Crippen molar-refractivity contribution in [3.63, 3.8) is 0 Å². The van der Waals surface area contributed by atoms with E-state index in [9.17, 15) is 4.79 Å². The summed E-state index contributed by atoms with van der Waals surface area (Å²) in [5, 5.41) is 13.3. The van der Waals surface area contributed by atoms with Crippen molar-refractivity contribution in [2.24, 2.45) is 0 Å². The van der Waals surface area contributed by atoms with Crippen LogP contribution < -0.4 is 20.1 Å². The number of ether oxygens (including phenoxy) is 2. The Morgan fingerprint density at radius 3 is 2.92 bits per heavy atom. The molecule has 2 aromatic carbocycles. The highest BCUT2D eigenvalue weighted by atomic mass is 16.5. The van der Waals surface area contributed by atoms with Crippen LogP contribution in [0.4, 0.5) is 16.3 Å². The Labute approximate surface area is 144 Å². The van der Waals surface area contributed by atoms with Crippen LogP contribution in [-0.4, -0.2) is 29.9 Å². The van der Waals surface area contributed by atoms with Gasteiger partial charge >= 0.3 is 6.03 Å². The zero-order chi connectivity index (χ0) is 17.6. The van der Waals surface area contributed by atoms with Gasteiger partial charge in [0, 0.05) is 23.2 Å². The van der Waals surface area contributed by atoms with Crippen LogP contribution >= 0.6 is 0 Å². The van der Waals surface area contributed by atoms with E-state index in [0.29, 0.717) is 29.6 Å². The van der Waals surface area contributed by atoms with E-state index in [1.165, 1.54) is 0 Å². The lowest BCUT2D eigenvalue weighted by molar-refractivity contribution is 0.262. The van der Waals surface area contributed by atoms with Gasteiger partial charge in [-0.15, -0.1) is 0 Å². The Bertz CT molecular complexity index is 904. The maximum absolute atomic E-state index is 12.2. The summed E-state index contributed by atoms with van der Waals surface area (Å²) in [6.45, 7) is 4.04. The second-order valence-electron chi connectivity index (χ2n) is 5.19. The van der Waals surface area contributed by atoms with Crippen LogP contribution in [0.2, 0.25) is 0 Å². The molecule has 25 heavy (non-hydrogen) atoms. The second kappa shape index (κ2) is 7.39. The number of H-pyrrole nitrogens is 1. The van der Waals surface area contributed by atoms with Gasteiger partial charge in [0.25, 0.3) is 0 Å². The molecule has 7 nitrogen and oxygen atoms in total. The number of hydrogen-bond acceptors (Lipinski definition) is 4. The fraction of sp³-hybridized carbons (Fsp3) is 0.111. The van der Waals surface area contributed by atoms with E-state index in [2.05, 4.69) is 27.4 Å². The summed E-state index contributed by atoms with van der Waals surface area (Å²) in [7, 11) is 1.57. The van der Waals surface area contributed by atoms with Gasteiger partial charge in [0.05, 0.1) is 12.6 Å². The van der Waals surface area contributed by atoms with Crippen molar-refractivity contribution in [2.45, 2.75) is 0 Å². The average Bonchev–Trinajstić information content (AvgIpc) is 3.02. The molecule has 128 valence electrons. The maximum atomic E-state index is 12.2. The molecule has 3 N–H and O–H groups in total. The van der Waals surface area contributed by atoms with E-state index in [4.69, 9.17) is 9.47 Å². The number of fused-ring (bicyclic) bond motifs is 1. The number of hydrogen-bond donors (Lipinski definition) is 3. The smallest absolute Gasteiger partial charge is 0.324 e. The summed E-state index contributed by atoms with van der Waals surface area (Å²) in [6, 6.07) is 12.2. The third-order valence-corrected chi connectivity index (χ3v) is 3.46. The Morgan fingerprint density at radius 2 is 2.12 bits per heavy atom. The van der Waals surface area contributed by atoms with Gasteiger partial charge in [-0.05, 0) is 24.3 Å². The molecule has 1 heterocycles. The van der Waals surface area contributed by atoms with E-state index in [0.717, 1.165) is 10.9 Å². The van der Waals surface area contributed by atoms with E-state index < -0.39 is 6.03 Å². The van der Waals surface area contributed by atoms with Crippen LogP contribution in [0, 0.1) is 0 Å². The number of anilines is 2. The summed E-state index contributed by atoms with van der Waals surface area (Å²) in [6.07, 6.45) is 1.67. The lowest BCUT2D eigenvalue weighted by Crippen LogP contribution is -2.19. The molecule has 0 aliphatic rings. The fourth-order valence-electron chi connectivity index (χ4n) is 2.31. The third kappa shape index (κ3) is 3.89. The summed E-state index contributed by atoms with van der Waals surface area (Å²) in [5.74, 6) is 1.80. The SMILES string of the molecule is C=CCOc1ccc2c(NC(=O)Nc3cccc(OC)c3)n[nH]c2c1. The molecule has 0 saturated carbocycles. The molecule has 0 radical (unpaired) electrons. The lowest BCUT2D eigenvalue weighted by atomic mass is 10.2. The molecule has 1 aromatic heterocycles. The molecule has 7 heteroatoms. The van der Waals surface area contributed by atoms with Crippen molar-refractivity contribution < 1.29 is 14.3 Å². The molecule has 0 saturated heterocycles. The first-order chi connectivity index (χ1) is 12.2. The Morgan fingerprint density at radius 1 is 1.24 bits per heavy atom. The summed E-state index contributed by atoms with van der Waals surface area (Å²) in [4.78, 5) is 12.2. The number of urea groups is 1. The van der Waals surface area contributed by atoms with E-state index >= 15 is 0 Å². The number of benzene rings is 2. The van der Waals surface area contributed by atoms with Crippen LogP contribution in [0.5, 0.6) is 11.5 Å². The molecule has 0 aliphatic heterocycles. The number of nitrogens with zero attached hydrogens (tertiary/aromatic N) is 1. The van der Waals surface area contributed by atoms with Gasteiger partial charge in [-0.1, -0.05) is 18.7 Å². The van der Waals surface area contributed by atoms with Crippen molar-refractivity contribution in [3.05, 3.63) is 55.1 Å². The van der Waals surface area contributed by atoms with Gasteiger partial charge in [-0.25, -0.2) is 4.79 Å². The predicted molar refractivity (Wildman–Crippen MR) is 97.4 cm³/mol. The average molecular weight is 338 g/mol. The zero-order valence-corrected chi connectivity index (χ0v) is 13.7. The molecule has 3 rings (SSSR count). The number of amides is 2. The molecule has 2 amide bonds.